The highest BCUT2D eigenvalue weighted by atomic mass is 16.2. The molecule has 1 atom stereocenters. The van der Waals surface area contributed by atoms with E-state index in [0.29, 0.717) is 6.54 Å². The largest absolute Gasteiger partial charge is 0.343 e. The van der Waals surface area contributed by atoms with Crippen molar-refractivity contribution in [2.75, 3.05) is 6.54 Å². The predicted octanol–water partition coefficient (Wildman–Crippen LogP) is 0.522. The van der Waals surface area contributed by atoms with Gasteiger partial charge in [0.05, 0.1) is 0 Å². The maximum Gasteiger partial charge on any atom is 0.246 e. The molecule has 1 rings (SSSR count). The van der Waals surface area contributed by atoms with Gasteiger partial charge >= 0.3 is 0 Å². The monoisotopic (exact) mass is 198 g/mol. The number of hydrogen-bond acceptors (Lipinski definition) is 2. The number of nitrogens with one attached hydrogen (secondary N) is 1. The van der Waals surface area contributed by atoms with Crippen molar-refractivity contribution < 1.29 is 9.59 Å². The van der Waals surface area contributed by atoms with Gasteiger partial charge in [-0.3, -0.25) is 9.59 Å². The number of carbonyl (C=O) groups is 2. The average molecular weight is 198 g/mol. The first-order chi connectivity index (χ1) is 6.41. The minimum absolute atomic E-state index is 0.0106. The zero-order valence-electron chi connectivity index (χ0n) is 9.26. The lowest BCUT2D eigenvalue weighted by Crippen LogP contribution is -2.67. The second kappa shape index (κ2) is 3.59. The Labute approximate surface area is 84.7 Å². The first-order valence-corrected chi connectivity index (χ1v) is 5.03. The second-order valence-electron chi connectivity index (χ2n) is 4.24. The lowest BCUT2D eigenvalue weighted by molar-refractivity contribution is -0.154. The summed E-state index contributed by atoms with van der Waals surface area (Å²) in [6, 6.07) is -0.387. The van der Waals surface area contributed by atoms with E-state index in [0.717, 1.165) is 6.42 Å². The minimum atomic E-state index is -0.709. The molecule has 1 saturated heterocycles. The molecular weight excluding hydrogens is 180 g/mol. The highest BCUT2D eigenvalue weighted by Crippen LogP contribution is 2.20. The number of amides is 2. The fraction of sp³-hybridized carbons (Fsp3) is 0.800. The molecule has 1 N–H and O–H groups in total. The van der Waals surface area contributed by atoms with E-state index in [4.69, 9.17) is 0 Å². The van der Waals surface area contributed by atoms with E-state index in [1.54, 1.807) is 25.7 Å². The summed E-state index contributed by atoms with van der Waals surface area (Å²) in [6.45, 7) is 7.92. The Morgan fingerprint density at radius 1 is 1.43 bits per heavy atom. The first kappa shape index (κ1) is 11.0. The standard InChI is InChI=1S/C10H18N2O2/c1-5-6-12-8(13)7(2)11-9(14)10(12,3)4/h7H,5-6H2,1-4H3,(H,11,14). The molecule has 1 unspecified atom stereocenters. The molecule has 1 heterocycles. The Hall–Kier alpha value is -1.06. The van der Waals surface area contributed by atoms with Gasteiger partial charge in [0.2, 0.25) is 11.8 Å². The van der Waals surface area contributed by atoms with Gasteiger partial charge in [0, 0.05) is 6.54 Å². The van der Waals surface area contributed by atoms with Crippen LogP contribution in [0.15, 0.2) is 0 Å². The van der Waals surface area contributed by atoms with Crippen molar-refractivity contribution in [3.63, 3.8) is 0 Å². The van der Waals surface area contributed by atoms with Crippen LogP contribution in [0.3, 0.4) is 0 Å². The van der Waals surface area contributed by atoms with Crippen LogP contribution in [0.2, 0.25) is 0 Å². The summed E-state index contributed by atoms with van der Waals surface area (Å²) in [6.07, 6.45) is 0.870. The van der Waals surface area contributed by atoms with Crippen molar-refractivity contribution in [2.45, 2.75) is 45.7 Å². The lowest BCUT2D eigenvalue weighted by Gasteiger charge is -2.43. The average Bonchev–Trinajstić information content (AvgIpc) is 2.10. The van der Waals surface area contributed by atoms with Crippen LogP contribution in [0.25, 0.3) is 0 Å². The summed E-state index contributed by atoms with van der Waals surface area (Å²) in [7, 11) is 0. The molecule has 1 aliphatic heterocycles. The zero-order chi connectivity index (χ0) is 10.9. The molecule has 0 aliphatic carbocycles. The van der Waals surface area contributed by atoms with Crippen LogP contribution in [-0.2, 0) is 9.59 Å². The summed E-state index contributed by atoms with van der Waals surface area (Å²) in [4.78, 5) is 25.1. The molecule has 1 fully saturated rings. The number of hydrogen-bond donors (Lipinski definition) is 1. The molecule has 0 radical (unpaired) electrons. The lowest BCUT2D eigenvalue weighted by atomic mass is 9.96. The van der Waals surface area contributed by atoms with Crippen molar-refractivity contribution in [1.29, 1.82) is 0 Å². The Kier molecular flexibility index (Phi) is 2.83. The summed E-state index contributed by atoms with van der Waals surface area (Å²) >= 11 is 0. The van der Waals surface area contributed by atoms with Gasteiger partial charge in [-0.25, -0.2) is 0 Å². The third-order valence-electron chi connectivity index (χ3n) is 2.66. The van der Waals surface area contributed by atoms with E-state index in [2.05, 4.69) is 5.32 Å². The molecule has 0 aromatic carbocycles. The molecule has 4 heteroatoms. The van der Waals surface area contributed by atoms with Crippen molar-refractivity contribution in [3.8, 4) is 0 Å². The molecule has 1 aliphatic rings. The van der Waals surface area contributed by atoms with Crippen LogP contribution in [0.5, 0.6) is 0 Å². The van der Waals surface area contributed by atoms with Gasteiger partial charge in [0.1, 0.15) is 11.6 Å². The van der Waals surface area contributed by atoms with E-state index in [1.165, 1.54) is 0 Å². The SMILES string of the molecule is CCCN1C(=O)C(C)NC(=O)C1(C)C. The van der Waals surface area contributed by atoms with Crippen LogP contribution in [0.4, 0.5) is 0 Å². The van der Waals surface area contributed by atoms with E-state index >= 15 is 0 Å². The predicted molar refractivity (Wildman–Crippen MR) is 53.7 cm³/mol. The molecule has 0 spiro atoms. The molecule has 0 aromatic rings. The summed E-state index contributed by atoms with van der Waals surface area (Å²) in [5.74, 6) is -0.0606. The normalized spacial score (nSPS) is 26.3. The van der Waals surface area contributed by atoms with Crippen LogP contribution in [-0.4, -0.2) is 34.8 Å². The van der Waals surface area contributed by atoms with Crippen molar-refractivity contribution in [3.05, 3.63) is 0 Å². The highest BCUT2D eigenvalue weighted by Gasteiger charge is 2.44. The summed E-state index contributed by atoms with van der Waals surface area (Å²) < 4.78 is 0. The van der Waals surface area contributed by atoms with Gasteiger partial charge in [-0.15, -0.1) is 0 Å². The van der Waals surface area contributed by atoms with Crippen molar-refractivity contribution >= 4 is 11.8 Å². The molecule has 4 nitrogen and oxygen atoms in total. The fourth-order valence-corrected chi connectivity index (χ4v) is 1.68. The number of nitrogens with zero attached hydrogens (tertiary/aromatic N) is 1. The highest BCUT2D eigenvalue weighted by molar-refractivity contribution is 5.99. The third-order valence-corrected chi connectivity index (χ3v) is 2.66. The minimum Gasteiger partial charge on any atom is -0.343 e. The fourth-order valence-electron chi connectivity index (χ4n) is 1.68. The second-order valence-corrected chi connectivity index (χ2v) is 4.24. The van der Waals surface area contributed by atoms with Gasteiger partial charge in [0.15, 0.2) is 0 Å². The molecule has 0 saturated carbocycles. The topological polar surface area (TPSA) is 49.4 Å². The smallest absolute Gasteiger partial charge is 0.246 e. The Morgan fingerprint density at radius 2 is 2.00 bits per heavy atom. The molecule has 2 amide bonds. The van der Waals surface area contributed by atoms with Gasteiger partial charge < -0.3 is 10.2 Å². The maximum atomic E-state index is 11.8. The van der Waals surface area contributed by atoms with Crippen LogP contribution in [0.1, 0.15) is 34.1 Å². The number of piperazine rings is 1. The van der Waals surface area contributed by atoms with Gasteiger partial charge in [-0.1, -0.05) is 6.92 Å². The number of rotatable bonds is 2. The summed E-state index contributed by atoms with van der Waals surface area (Å²) in [5.41, 5.74) is -0.709. The van der Waals surface area contributed by atoms with Crippen molar-refractivity contribution in [2.24, 2.45) is 0 Å². The van der Waals surface area contributed by atoms with Crippen LogP contribution < -0.4 is 5.32 Å². The molecule has 14 heavy (non-hydrogen) atoms. The zero-order valence-corrected chi connectivity index (χ0v) is 9.26. The van der Waals surface area contributed by atoms with Crippen molar-refractivity contribution in [1.82, 2.24) is 10.2 Å². The van der Waals surface area contributed by atoms with E-state index < -0.39 is 5.54 Å². The van der Waals surface area contributed by atoms with Gasteiger partial charge in [-0.05, 0) is 27.2 Å². The molecular formula is C10H18N2O2. The van der Waals surface area contributed by atoms with Crippen LogP contribution in [0, 0.1) is 0 Å². The third kappa shape index (κ3) is 1.61. The van der Waals surface area contributed by atoms with Crippen LogP contribution >= 0.6 is 0 Å². The Morgan fingerprint density at radius 3 is 2.50 bits per heavy atom. The molecule has 80 valence electrons. The van der Waals surface area contributed by atoms with E-state index in [-0.39, 0.29) is 17.9 Å². The summed E-state index contributed by atoms with van der Waals surface area (Å²) in [5, 5.41) is 2.68. The first-order valence-electron chi connectivity index (χ1n) is 5.03. The van der Waals surface area contributed by atoms with Gasteiger partial charge in [0.25, 0.3) is 0 Å². The molecule has 0 bridgehead atoms. The number of carbonyl (C=O) groups excluding carboxylic acids is 2. The Bertz CT molecular complexity index is 261. The van der Waals surface area contributed by atoms with E-state index in [1.807, 2.05) is 6.92 Å². The van der Waals surface area contributed by atoms with Gasteiger partial charge in [-0.2, -0.15) is 0 Å². The molecule has 0 aromatic heterocycles. The van der Waals surface area contributed by atoms with E-state index in [9.17, 15) is 9.59 Å². The Balaban J connectivity index is 2.94. The maximum absolute atomic E-state index is 11.8. The quantitative estimate of drug-likeness (QED) is 0.703.